The molecule has 114 valence electrons. The zero-order valence-corrected chi connectivity index (χ0v) is 12.7. The van der Waals surface area contributed by atoms with Crippen molar-refractivity contribution in [2.75, 3.05) is 6.61 Å². The second kappa shape index (κ2) is 5.93. The van der Waals surface area contributed by atoms with Crippen LogP contribution in [0.2, 0.25) is 0 Å². The van der Waals surface area contributed by atoms with Gasteiger partial charge >= 0.3 is 5.97 Å². The van der Waals surface area contributed by atoms with Crippen LogP contribution in [0.25, 0.3) is 11.1 Å². The Kier molecular flexibility index (Phi) is 3.99. The average Bonchev–Trinajstić information content (AvgIpc) is 3.37. The van der Waals surface area contributed by atoms with Gasteiger partial charge in [-0.2, -0.15) is 0 Å². The summed E-state index contributed by atoms with van der Waals surface area (Å²) in [6.07, 6.45) is 1.74. The lowest BCUT2D eigenvalue weighted by Gasteiger charge is -2.14. The third kappa shape index (κ3) is 2.64. The van der Waals surface area contributed by atoms with E-state index in [1.54, 1.807) is 0 Å². The number of aliphatic hydroxyl groups is 1. The summed E-state index contributed by atoms with van der Waals surface area (Å²) in [5.74, 6) is -0.102. The highest BCUT2D eigenvalue weighted by molar-refractivity contribution is 5.86. The Balaban J connectivity index is 1.82. The van der Waals surface area contributed by atoms with Gasteiger partial charge in [-0.1, -0.05) is 48.5 Å². The fourth-order valence-corrected chi connectivity index (χ4v) is 2.79. The van der Waals surface area contributed by atoms with Crippen LogP contribution in [-0.2, 0) is 21.6 Å². The van der Waals surface area contributed by atoms with Gasteiger partial charge in [-0.3, -0.25) is 4.79 Å². The third-order valence-corrected chi connectivity index (χ3v) is 4.32. The Bertz CT molecular complexity index is 652. The first-order valence-electron chi connectivity index (χ1n) is 7.67. The largest absolute Gasteiger partial charge is 0.465 e. The van der Waals surface area contributed by atoms with Gasteiger partial charge in [-0.15, -0.1) is 0 Å². The number of carbonyl (C=O) groups excluding carboxylic acids is 1. The molecule has 0 aromatic heterocycles. The number of rotatable bonds is 5. The van der Waals surface area contributed by atoms with E-state index >= 15 is 0 Å². The van der Waals surface area contributed by atoms with Crippen LogP contribution in [0.1, 0.15) is 30.9 Å². The van der Waals surface area contributed by atoms with E-state index in [9.17, 15) is 4.79 Å². The first-order valence-corrected chi connectivity index (χ1v) is 7.67. The Morgan fingerprint density at radius 1 is 1.05 bits per heavy atom. The van der Waals surface area contributed by atoms with Crippen LogP contribution in [0.5, 0.6) is 0 Å². The molecule has 0 radical (unpaired) electrons. The molecule has 3 heteroatoms. The number of hydrogen-bond donors (Lipinski definition) is 1. The molecule has 1 aliphatic rings. The van der Waals surface area contributed by atoms with E-state index in [4.69, 9.17) is 9.84 Å². The minimum absolute atomic E-state index is 0.0568. The highest BCUT2D eigenvalue weighted by Gasteiger charge is 2.52. The Morgan fingerprint density at radius 3 is 2.05 bits per heavy atom. The first kappa shape index (κ1) is 14.8. The maximum absolute atomic E-state index is 12.1. The van der Waals surface area contributed by atoms with Crippen molar-refractivity contribution in [1.82, 2.24) is 0 Å². The molecule has 0 bridgehead atoms. The maximum atomic E-state index is 12.1. The van der Waals surface area contributed by atoms with Crippen molar-refractivity contribution in [3.05, 3.63) is 59.7 Å². The summed E-state index contributed by atoms with van der Waals surface area (Å²) in [5.41, 5.74) is 3.74. The molecule has 0 unspecified atom stereocenters. The standard InChI is InChI=1S/C19H20O3/c1-2-22-18(21)19(11-12-19)17-9-7-16(8-10-17)15-5-3-14(13-20)4-6-15/h3-10,20H,2,11-13H2,1H3. The summed E-state index contributed by atoms with van der Waals surface area (Å²) in [7, 11) is 0. The van der Waals surface area contributed by atoms with Crippen LogP contribution in [0.4, 0.5) is 0 Å². The predicted octanol–water partition coefficient (Wildman–Crippen LogP) is 3.44. The fourth-order valence-electron chi connectivity index (χ4n) is 2.79. The molecule has 1 fully saturated rings. The van der Waals surface area contributed by atoms with Crippen molar-refractivity contribution < 1.29 is 14.6 Å². The van der Waals surface area contributed by atoms with Crippen LogP contribution in [0, 0.1) is 0 Å². The van der Waals surface area contributed by atoms with Gasteiger partial charge in [-0.05, 0) is 42.0 Å². The van der Waals surface area contributed by atoms with Crippen LogP contribution in [0.15, 0.2) is 48.5 Å². The molecular formula is C19H20O3. The highest BCUT2D eigenvalue weighted by atomic mass is 16.5. The molecule has 0 saturated heterocycles. The van der Waals surface area contributed by atoms with Gasteiger partial charge in [-0.25, -0.2) is 0 Å². The van der Waals surface area contributed by atoms with Gasteiger partial charge in [0.1, 0.15) is 0 Å². The van der Waals surface area contributed by atoms with E-state index in [-0.39, 0.29) is 12.6 Å². The number of hydrogen-bond acceptors (Lipinski definition) is 3. The number of aliphatic hydroxyl groups excluding tert-OH is 1. The lowest BCUT2D eigenvalue weighted by molar-refractivity contribution is -0.146. The topological polar surface area (TPSA) is 46.5 Å². The number of esters is 1. The van der Waals surface area contributed by atoms with Crippen molar-refractivity contribution in [3.8, 4) is 11.1 Å². The van der Waals surface area contributed by atoms with E-state index in [0.29, 0.717) is 6.61 Å². The Morgan fingerprint density at radius 2 is 1.59 bits per heavy atom. The number of benzene rings is 2. The van der Waals surface area contributed by atoms with Crippen LogP contribution in [-0.4, -0.2) is 17.7 Å². The van der Waals surface area contributed by atoms with Crippen LogP contribution >= 0.6 is 0 Å². The van der Waals surface area contributed by atoms with Crippen molar-refractivity contribution in [2.24, 2.45) is 0 Å². The van der Waals surface area contributed by atoms with Crippen molar-refractivity contribution in [3.63, 3.8) is 0 Å². The molecule has 0 amide bonds. The van der Waals surface area contributed by atoms with Gasteiger partial charge in [0.15, 0.2) is 0 Å². The van der Waals surface area contributed by atoms with Crippen LogP contribution in [0.3, 0.4) is 0 Å². The predicted molar refractivity (Wildman–Crippen MR) is 85.3 cm³/mol. The van der Waals surface area contributed by atoms with Crippen molar-refractivity contribution in [1.29, 1.82) is 0 Å². The molecule has 1 N–H and O–H groups in total. The van der Waals surface area contributed by atoms with Crippen molar-refractivity contribution in [2.45, 2.75) is 31.8 Å². The highest BCUT2D eigenvalue weighted by Crippen LogP contribution is 2.49. The Hall–Kier alpha value is -2.13. The lowest BCUT2D eigenvalue weighted by Crippen LogP contribution is -2.23. The maximum Gasteiger partial charge on any atom is 0.316 e. The van der Waals surface area contributed by atoms with E-state index in [2.05, 4.69) is 0 Å². The minimum Gasteiger partial charge on any atom is -0.465 e. The quantitative estimate of drug-likeness (QED) is 0.860. The SMILES string of the molecule is CCOC(=O)C1(c2ccc(-c3ccc(CO)cc3)cc2)CC1. The summed E-state index contributed by atoms with van der Waals surface area (Å²) in [5, 5.41) is 9.08. The smallest absolute Gasteiger partial charge is 0.316 e. The second-order valence-corrected chi connectivity index (χ2v) is 5.73. The van der Waals surface area contributed by atoms with Crippen LogP contribution < -0.4 is 0 Å². The first-order chi connectivity index (χ1) is 10.7. The molecule has 0 spiro atoms. The van der Waals surface area contributed by atoms with Crippen molar-refractivity contribution >= 4 is 5.97 Å². The van der Waals surface area contributed by atoms with Gasteiger partial charge in [0.05, 0.1) is 18.6 Å². The van der Waals surface area contributed by atoms with E-state index < -0.39 is 5.41 Å². The average molecular weight is 296 g/mol. The molecular weight excluding hydrogens is 276 g/mol. The van der Waals surface area contributed by atoms with Gasteiger partial charge in [0.2, 0.25) is 0 Å². The monoisotopic (exact) mass is 296 g/mol. The van der Waals surface area contributed by atoms with Gasteiger partial charge in [0, 0.05) is 0 Å². The summed E-state index contributed by atoms with van der Waals surface area (Å²) in [6, 6.07) is 16.0. The van der Waals surface area contributed by atoms with Gasteiger partial charge in [0.25, 0.3) is 0 Å². The molecule has 0 aliphatic heterocycles. The number of ether oxygens (including phenoxy) is 1. The molecule has 0 heterocycles. The summed E-state index contributed by atoms with van der Waals surface area (Å²) in [4.78, 5) is 12.1. The van der Waals surface area contributed by atoms with Gasteiger partial charge < -0.3 is 9.84 Å². The zero-order valence-electron chi connectivity index (χ0n) is 12.7. The summed E-state index contributed by atoms with van der Waals surface area (Å²) in [6.45, 7) is 2.32. The van der Waals surface area contributed by atoms with E-state index in [1.807, 2.05) is 55.5 Å². The molecule has 3 rings (SSSR count). The molecule has 1 saturated carbocycles. The molecule has 3 nitrogen and oxygen atoms in total. The summed E-state index contributed by atoms with van der Waals surface area (Å²) >= 11 is 0. The third-order valence-electron chi connectivity index (χ3n) is 4.32. The van der Waals surface area contributed by atoms with E-state index in [0.717, 1.165) is 35.1 Å². The molecule has 2 aromatic rings. The normalized spacial score (nSPS) is 15.4. The zero-order chi connectivity index (χ0) is 15.6. The molecule has 1 aliphatic carbocycles. The fraction of sp³-hybridized carbons (Fsp3) is 0.316. The molecule has 22 heavy (non-hydrogen) atoms. The minimum atomic E-state index is -0.407. The molecule has 0 atom stereocenters. The lowest BCUT2D eigenvalue weighted by atomic mass is 9.93. The molecule has 2 aromatic carbocycles. The second-order valence-electron chi connectivity index (χ2n) is 5.73. The number of carbonyl (C=O) groups is 1. The Labute approximate surface area is 130 Å². The van der Waals surface area contributed by atoms with E-state index in [1.165, 1.54) is 0 Å². The summed E-state index contributed by atoms with van der Waals surface area (Å²) < 4.78 is 5.20.